The molecule has 0 amide bonds. The van der Waals surface area contributed by atoms with E-state index in [1.807, 2.05) is 6.20 Å². The van der Waals surface area contributed by atoms with Crippen molar-refractivity contribution >= 4 is 8.24 Å². The Morgan fingerprint density at radius 3 is 1.69 bits per heavy atom. The standard InChI is InChI=1S/C13H24FNSi/c1-10(2)16(11(3)4,12(5)6)15-8-7-13(14)9-15/h7-12H,1-6H3. The Balaban J connectivity index is 3.33. The minimum absolute atomic E-state index is 0.112. The zero-order valence-corrected chi connectivity index (χ0v) is 12.3. The SMILES string of the molecule is CC(C)[Si](C(C)C)(C(C)C)n1ccc(F)c1. The van der Waals surface area contributed by atoms with E-state index < -0.39 is 8.24 Å². The van der Waals surface area contributed by atoms with Crippen LogP contribution in [0.1, 0.15) is 41.5 Å². The van der Waals surface area contributed by atoms with Crippen LogP contribution in [0.15, 0.2) is 18.5 Å². The van der Waals surface area contributed by atoms with Crippen LogP contribution in [0.5, 0.6) is 0 Å². The Hall–Kier alpha value is -0.573. The van der Waals surface area contributed by atoms with Gasteiger partial charge in [-0.2, -0.15) is 0 Å². The van der Waals surface area contributed by atoms with Gasteiger partial charge in [-0.15, -0.1) is 0 Å². The molecule has 0 aromatic carbocycles. The maximum atomic E-state index is 13.2. The zero-order chi connectivity index (χ0) is 12.5. The normalized spacial score (nSPS) is 13.1. The number of nitrogens with zero attached hydrogens (tertiary/aromatic N) is 1. The van der Waals surface area contributed by atoms with E-state index in [2.05, 4.69) is 45.8 Å². The highest BCUT2D eigenvalue weighted by Crippen LogP contribution is 2.42. The number of hydrogen-bond acceptors (Lipinski definition) is 0. The largest absolute Gasteiger partial charge is 0.377 e. The van der Waals surface area contributed by atoms with Gasteiger partial charge in [0.2, 0.25) is 0 Å². The average Bonchev–Trinajstić information content (AvgIpc) is 2.50. The van der Waals surface area contributed by atoms with E-state index in [0.717, 1.165) is 0 Å². The lowest BCUT2D eigenvalue weighted by Gasteiger charge is -2.44. The van der Waals surface area contributed by atoms with Crippen LogP contribution in [-0.2, 0) is 0 Å². The minimum atomic E-state index is -1.71. The Labute approximate surface area is 99.8 Å². The van der Waals surface area contributed by atoms with E-state index >= 15 is 0 Å². The van der Waals surface area contributed by atoms with Crippen LogP contribution in [0.25, 0.3) is 0 Å². The van der Waals surface area contributed by atoms with E-state index in [4.69, 9.17) is 0 Å². The highest BCUT2D eigenvalue weighted by molar-refractivity contribution is 6.82. The molecule has 16 heavy (non-hydrogen) atoms. The van der Waals surface area contributed by atoms with Crippen molar-refractivity contribution in [1.82, 2.24) is 4.23 Å². The molecule has 0 aliphatic carbocycles. The number of aromatic nitrogens is 1. The van der Waals surface area contributed by atoms with Crippen LogP contribution in [0, 0.1) is 5.82 Å². The van der Waals surface area contributed by atoms with Crippen molar-refractivity contribution in [3.05, 3.63) is 24.3 Å². The minimum Gasteiger partial charge on any atom is -0.377 e. The Bertz CT molecular complexity index is 320. The summed E-state index contributed by atoms with van der Waals surface area (Å²) in [6.07, 6.45) is 3.62. The third-order valence-electron chi connectivity index (χ3n) is 3.88. The molecule has 1 heterocycles. The molecule has 0 radical (unpaired) electrons. The molecule has 1 aromatic rings. The van der Waals surface area contributed by atoms with Crippen LogP contribution in [0.2, 0.25) is 16.6 Å². The van der Waals surface area contributed by atoms with Gasteiger partial charge in [0.25, 0.3) is 0 Å². The number of hydrogen-bond donors (Lipinski definition) is 0. The monoisotopic (exact) mass is 241 g/mol. The lowest BCUT2D eigenvalue weighted by molar-refractivity contribution is 0.626. The molecule has 0 aliphatic heterocycles. The first-order chi connectivity index (χ1) is 7.33. The zero-order valence-electron chi connectivity index (χ0n) is 11.3. The third-order valence-corrected chi connectivity index (χ3v) is 10.6. The second-order valence-electron chi connectivity index (χ2n) is 5.59. The molecule has 92 valence electrons. The van der Waals surface area contributed by atoms with Crippen molar-refractivity contribution in [3.63, 3.8) is 0 Å². The van der Waals surface area contributed by atoms with Crippen molar-refractivity contribution in [1.29, 1.82) is 0 Å². The van der Waals surface area contributed by atoms with Crippen molar-refractivity contribution in [2.75, 3.05) is 0 Å². The molecule has 0 atom stereocenters. The van der Waals surface area contributed by atoms with E-state index in [1.165, 1.54) is 0 Å². The lowest BCUT2D eigenvalue weighted by Crippen LogP contribution is -2.51. The molecular formula is C13H24FNSi. The topological polar surface area (TPSA) is 4.93 Å². The summed E-state index contributed by atoms with van der Waals surface area (Å²) in [7, 11) is -1.71. The van der Waals surface area contributed by atoms with Gasteiger partial charge in [0.1, 0.15) is 5.82 Å². The first-order valence-corrected chi connectivity index (χ1v) is 8.35. The van der Waals surface area contributed by atoms with Gasteiger partial charge in [-0.05, 0) is 28.9 Å². The smallest absolute Gasteiger partial charge is 0.168 e. The van der Waals surface area contributed by atoms with Crippen molar-refractivity contribution < 1.29 is 4.39 Å². The van der Waals surface area contributed by atoms with Crippen LogP contribution >= 0.6 is 0 Å². The van der Waals surface area contributed by atoms with E-state index in [0.29, 0.717) is 16.6 Å². The molecule has 1 nitrogen and oxygen atoms in total. The first-order valence-electron chi connectivity index (χ1n) is 6.17. The summed E-state index contributed by atoms with van der Waals surface area (Å²) < 4.78 is 15.5. The molecule has 0 bridgehead atoms. The number of rotatable bonds is 4. The highest BCUT2D eigenvalue weighted by Gasteiger charge is 2.44. The van der Waals surface area contributed by atoms with Crippen LogP contribution < -0.4 is 0 Å². The van der Waals surface area contributed by atoms with Crippen molar-refractivity contribution in [3.8, 4) is 0 Å². The van der Waals surface area contributed by atoms with Gasteiger partial charge >= 0.3 is 0 Å². The molecule has 0 spiro atoms. The van der Waals surface area contributed by atoms with Gasteiger partial charge in [-0.25, -0.2) is 4.39 Å². The van der Waals surface area contributed by atoms with Crippen LogP contribution in [-0.4, -0.2) is 12.5 Å². The summed E-state index contributed by atoms with van der Waals surface area (Å²) in [6, 6.07) is 1.58. The summed E-state index contributed by atoms with van der Waals surface area (Å²) in [5.41, 5.74) is 1.83. The molecule has 0 N–H and O–H groups in total. The molecule has 0 aliphatic rings. The summed E-state index contributed by atoms with van der Waals surface area (Å²) in [6.45, 7) is 13.7. The van der Waals surface area contributed by atoms with Crippen molar-refractivity contribution in [2.45, 2.75) is 58.2 Å². The Morgan fingerprint density at radius 1 is 1.00 bits per heavy atom. The maximum absolute atomic E-state index is 13.2. The maximum Gasteiger partial charge on any atom is 0.168 e. The molecule has 0 saturated heterocycles. The van der Waals surface area contributed by atoms with E-state index in [-0.39, 0.29) is 5.82 Å². The van der Waals surface area contributed by atoms with Crippen LogP contribution in [0.4, 0.5) is 4.39 Å². The summed E-state index contributed by atoms with van der Waals surface area (Å²) >= 11 is 0. The molecule has 1 aromatic heterocycles. The fraction of sp³-hybridized carbons (Fsp3) is 0.692. The van der Waals surface area contributed by atoms with E-state index in [1.54, 1.807) is 12.3 Å². The second kappa shape index (κ2) is 4.74. The van der Waals surface area contributed by atoms with Gasteiger partial charge in [0.15, 0.2) is 8.24 Å². The van der Waals surface area contributed by atoms with Gasteiger partial charge in [0.05, 0.1) is 0 Å². The molecular weight excluding hydrogens is 217 g/mol. The highest BCUT2D eigenvalue weighted by atomic mass is 28.3. The van der Waals surface area contributed by atoms with Gasteiger partial charge in [-0.3, -0.25) is 0 Å². The quantitative estimate of drug-likeness (QED) is 0.676. The molecule has 1 rings (SSSR count). The molecule has 0 unspecified atom stereocenters. The van der Waals surface area contributed by atoms with Gasteiger partial charge in [0, 0.05) is 6.20 Å². The van der Waals surface area contributed by atoms with Gasteiger partial charge in [-0.1, -0.05) is 41.5 Å². The average molecular weight is 241 g/mol. The second-order valence-corrected chi connectivity index (χ2v) is 11.3. The molecule has 0 fully saturated rings. The predicted molar refractivity (Wildman–Crippen MR) is 70.8 cm³/mol. The summed E-state index contributed by atoms with van der Waals surface area (Å²) in [4.78, 5) is 0. The Morgan fingerprint density at radius 2 is 1.44 bits per heavy atom. The predicted octanol–water partition coefficient (Wildman–Crippen LogP) is 4.65. The summed E-state index contributed by atoms with van der Waals surface area (Å²) in [5, 5.41) is 0. The fourth-order valence-corrected chi connectivity index (χ4v) is 9.97. The Kier molecular flexibility index (Phi) is 4.00. The van der Waals surface area contributed by atoms with Crippen molar-refractivity contribution in [2.24, 2.45) is 0 Å². The van der Waals surface area contributed by atoms with Crippen LogP contribution in [0.3, 0.4) is 0 Å². The van der Waals surface area contributed by atoms with Gasteiger partial charge < -0.3 is 4.23 Å². The lowest BCUT2D eigenvalue weighted by atomic mass is 10.5. The third kappa shape index (κ3) is 1.97. The molecule has 3 heteroatoms. The number of halogens is 1. The first kappa shape index (κ1) is 13.5. The summed E-state index contributed by atoms with van der Waals surface area (Å²) in [5.74, 6) is -0.112. The molecule has 0 saturated carbocycles. The fourth-order valence-electron chi connectivity index (χ4n) is 3.51. The van der Waals surface area contributed by atoms with E-state index in [9.17, 15) is 4.39 Å².